The van der Waals surface area contributed by atoms with E-state index in [-0.39, 0.29) is 12.5 Å². The van der Waals surface area contributed by atoms with Crippen LogP contribution in [-0.2, 0) is 11.4 Å². The molecule has 130 valence electrons. The number of carbonyl (C=O) groups is 1. The zero-order chi connectivity index (χ0) is 17.8. The second-order valence-corrected chi connectivity index (χ2v) is 6.03. The quantitative estimate of drug-likeness (QED) is 0.871. The average molecular weight is 340 g/mol. The fraction of sp³-hybridized carbons (Fsp3) is 0.250. The van der Waals surface area contributed by atoms with Gasteiger partial charge in [-0.05, 0) is 41.5 Å². The van der Waals surface area contributed by atoms with Crippen LogP contribution in [0.15, 0.2) is 55.1 Å². The molecule has 1 amide bonds. The molecule has 1 N–H and O–H groups in total. The van der Waals surface area contributed by atoms with Crippen molar-refractivity contribution in [3.8, 4) is 11.1 Å². The Bertz CT molecular complexity index is 783. The predicted octanol–water partition coefficient (Wildman–Crippen LogP) is 2.82. The summed E-state index contributed by atoms with van der Waals surface area (Å²) in [5.74, 6) is -0.429. The second-order valence-electron chi connectivity index (χ2n) is 6.03. The second kappa shape index (κ2) is 7.49. The number of hydrogen-bond donors (Lipinski definition) is 1. The number of rotatable bonds is 4. The molecule has 0 aromatic heterocycles. The van der Waals surface area contributed by atoms with Gasteiger partial charge in [-0.25, -0.2) is 4.39 Å². The third-order valence-corrected chi connectivity index (χ3v) is 4.53. The highest BCUT2D eigenvalue weighted by Crippen LogP contribution is 2.27. The maximum absolute atomic E-state index is 13.6. The van der Waals surface area contributed by atoms with Gasteiger partial charge < -0.3 is 14.9 Å². The molecule has 0 bridgehead atoms. The lowest BCUT2D eigenvalue weighted by Gasteiger charge is -2.35. The molecule has 2 aromatic carbocycles. The van der Waals surface area contributed by atoms with Crippen LogP contribution in [0.5, 0.6) is 0 Å². The fourth-order valence-corrected chi connectivity index (χ4v) is 3.07. The normalized spacial score (nSPS) is 14.5. The van der Waals surface area contributed by atoms with Crippen LogP contribution < -0.4 is 4.90 Å². The summed E-state index contributed by atoms with van der Waals surface area (Å²) >= 11 is 0. The molecule has 1 aliphatic heterocycles. The first-order valence-corrected chi connectivity index (χ1v) is 8.28. The summed E-state index contributed by atoms with van der Waals surface area (Å²) in [6, 6.07) is 12.8. The monoisotopic (exact) mass is 340 g/mol. The van der Waals surface area contributed by atoms with Crippen LogP contribution in [-0.4, -0.2) is 42.1 Å². The molecule has 0 unspecified atom stereocenters. The van der Waals surface area contributed by atoms with E-state index in [1.54, 1.807) is 17.0 Å². The summed E-state index contributed by atoms with van der Waals surface area (Å²) in [5, 5.41) is 9.25. The molecule has 0 atom stereocenters. The molecule has 1 fully saturated rings. The summed E-state index contributed by atoms with van der Waals surface area (Å²) in [4.78, 5) is 15.7. The smallest absolute Gasteiger partial charge is 0.246 e. The van der Waals surface area contributed by atoms with Crippen molar-refractivity contribution >= 4 is 11.6 Å². The van der Waals surface area contributed by atoms with Gasteiger partial charge in [0.05, 0.1) is 6.61 Å². The van der Waals surface area contributed by atoms with Crippen LogP contribution in [0.2, 0.25) is 0 Å². The van der Waals surface area contributed by atoms with E-state index in [0.29, 0.717) is 18.7 Å². The van der Waals surface area contributed by atoms with Gasteiger partial charge >= 0.3 is 0 Å². The molecule has 1 aliphatic rings. The van der Waals surface area contributed by atoms with Gasteiger partial charge in [0, 0.05) is 37.4 Å². The summed E-state index contributed by atoms with van der Waals surface area (Å²) in [5.41, 5.74) is 3.20. The molecule has 2 aromatic rings. The zero-order valence-electron chi connectivity index (χ0n) is 14.0. The van der Waals surface area contributed by atoms with Gasteiger partial charge in [-0.1, -0.05) is 24.8 Å². The number of carbonyl (C=O) groups excluding carboxylic acids is 1. The first-order valence-electron chi connectivity index (χ1n) is 8.28. The van der Waals surface area contributed by atoms with Crippen molar-refractivity contribution in [3.05, 3.63) is 66.5 Å². The Kier molecular flexibility index (Phi) is 5.14. The van der Waals surface area contributed by atoms with E-state index in [1.165, 1.54) is 12.1 Å². The molecular weight excluding hydrogens is 319 g/mol. The number of nitrogens with zero attached hydrogens (tertiary/aromatic N) is 2. The van der Waals surface area contributed by atoms with Crippen molar-refractivity contribution in [3.63, 3.8) is 0 Å². The lowest BCUT2D eigenvalue weighted by Crippen LogP contribution is -2.48. The van der Waals surface area contributed by atoms with E-state index in [0.717, 1.165) is 29.9 Å². The zero-order valence-corrected chi connectivity index (χ0v) is 14.0. The molecule has 5 heteroatoms. The van der Waals surface area contributed by atoms with Gasteiger partial charge in [-0.3, -0.25) is 4.79 Å². The number of aliphatic hydroxyl groups is 1. The van der Waals surface area contributed by atoms with Gasteiger partial charge in [0.2, 0.25) is 5.91 Å². The van der Waals surface area contributed by atoms with Crippen molar-refractivity contribution in [2.45, 2.75) is 6.61 Å². The summed E-state index contributed by atoms with van der Waals surface area (Å²) in [6.45, 7) is 6.06. The molecule has 0 spiro atoms. The minimum absolute atomic E-state index is 0.0313. The Morgan fingerprint density at radius 3 is 2.52 bits per heavy atom. The number of hydrogen-bond acceptors (Lipinski definition) is 3. The lowest BCUT2D eigenvalue weighted by atomic mass is 10.0. The van der Waals surface area contributed by atoms with Crippen LogP contribution >= 0.6 is 0 Å². The SMILES string of the molecule is C=CC(=O)N1CCN(c2cccc(-c3ccc(F)c(CO)c3)c2)CC1. The highest BCUT2D eigenvalue weighted by molar-refractivity contribution is 5.87. The number of amides is 1. The van der Waals surface area contributed by atoms with Crippen LogP contribution in [0.3, 0.4) is 0 Å². The van der Waals surface area contributed by atoms with Crippen LogP contribution in [0, 0.1) is 5.82 Å². The molecule has 25 heavy (non-hydrogen) atoms. The first kappa shape index (κ1) is 17.2. The Morgan fingerprint density at radius 2 is 1.84 bits per heavy atom. The molecule has 0 saturated carbocycles. The Labute approximate surface area is 146 Å². The van der Waals surface area contributed by atoms with E-state index in [4.69, 9.17) is 0 Å². The third-order valence-electron chi connectivity index (χ3n) is 4.53. The van der Waals surface area contributed by atoms with E-state index in [1.807, 2.05) is 18.2 Å². The number of piperazine rings is 1. The largest absolute Gasteiger partial charge is 0.392 e. The van der Waals surface area contributed by atoms with Gasteiger partial charge in [0.15, 0.2) is 0 Å². The number of anilines is 1. The summed E-state index contributed by atoms with van der Waals surface area (Å²) < 4.78 is 13.6. The van der Waals surface area contributed by atoms with Gasteiger partial charge in [-0.15, -0.1) is 0 Å². The summed E-state index contributed by atoms with van der Waals surface area (Å²) in [6.07, 6.45) is 1.35. The van der Waals surface area contributed by atoms with E-state index in [2.05, 4.69) is 17.5 Å². The lowest BCUT2D eigenvalue weighted by molar-refractivity contribution is -0.126. The molecule has 3 rings (SSSR count). The van der Waals surface area contributed by atoms with Crippen LogP contribution in [0.25, 0.3) is 11.1 Å². The average Bonchev–Trinajstić information content (AvgIpc) is 2.68. The van der Waals surface area contributed by atoms with E-state index < -0.39 is 5.82 Å². The summed E-state index contributed by atoms with van der Waals surface area (Å²) in [7, 11) is 0. The molecule has 0 radical (unpaired) electrons. The van der Waals surface area contributed by atoms with Crippen molar-refractivity contribution in [2.75, 3.05) is 31.1 Å². The maximum atomic E-state index is 13.6. The number of aliphatic hydroxyl groups excluding tert-OH is 1. The van der Waals surface area contributed by atoms with E-state index >= 15 is 0 Å². The maximum Gasteiger partial charge on any atom is 0.246 e. The first-order chi connectivity index (χ1) is 12.1. The minimum atomic E-state index is -0.398. The molecule has 1 heterocycles. The number of halogens is 1. The number of benzene rings is 2. The molecule has 1 saturated heterocycles. The van der Waals surface area contributed by atoms with Gasteiger partial charge in [0.1, 0.15) is 5.82 Å². The van der Waals surface area contributed by atoms with Crippen molar-refractivity contribution in [2.24, 2.45) is 0 Å². The van der Waals surface area contributed by atoms with Crippen molar-refractivity contribution < 1.29 is 14.3 Å². The highest BCUT2D eigenvalue weighted by Gasteiger charge is 2.19. The fourth-order valence-electron chi connectivity index (χ4n) is 3.07. The topological polar surface area (TPSA) is 43.8 Å². The Hall–Kier alpha value is -2.66. The standard InChI is InChI=1S/C20H21FN2O2/c1-2-20(25)23-10-8-22(9-11-23)18-5-3-4-15(13-18)16-6-7-19(21)17(12-16)14-24/h2-7,12-13,24H,1,8-11,14H2. The highest BCUT2D eigenvalue weighted by atomic mass is 19.1. The predicted molar refractivity (Wildman–Crippen MR) is 96.7 cm³/mol. The van der Waals surface area contributed by atoms with Crippen molar-refractivity contribution in [1.82, 2.24) is 4.90 Å². The van der Waals surface area contributed by atoms with Crippen molar-refractivity contribution in [1.29, 1.82) is 0 Å². The van der Waals surface area contributed by atoms with Crippen LogP contribution in [0.4, 0.5) is 10.1 Å². The molecule has 0 aliphatic carbocycles. The van der Waals surface area contributed by atoms with E-state index in [9.17, 15) is 14.3 Å². The Balaban J connectivity index is 1.78. The Morgan fingerprint density at radius 1 is 1.12 bits per heavy atom. The van der Waals surface area contributed by atoms with Gasteiger partial charge in [-0.2, -0.15) is 0 Å². The van der Waals surface area contributed by atoms with Gasteiger partial charge in [0.25, 0.3) is 0 Å². The minimum Gasteiger partial charge on any atom is -0.392 e. The third kappa shape index (κ3) is 3.72. The van der Waals surface area contributed by atoms with Crippen LogP contribution in [0.1, 0.15) is 5.56 Å². The molecule has 4 nitrogen and oxygen atoms in total. The molecular formula is C20H21FN2O2.